The van der Waals surface area contributed by atoms with Crippen molar-refractivity contribution in [2.75, 3.05) is 35.2 Å². The molecule has 6 nitrogen and oxygen atoms in total. The summed E-state index contributed by atoms with van der Waals surface area (Å²) in [5, 5.41) is 5.94. The first-order valence-corrected chi connectivity index (χ1v) is 8.40. The van der Waals surface area contributed by atoms with Crippen molar-refractivity contribution < 1.29 is 4.79 Å². The van der Waals surface area contributed by atoms with E-state index in [0.717, 1.165) is 37.4 Å². The maximum atomic E-state index is 12.2. The zero-order chi connectivity index (χ0) is 17.4. The highest BCUT2D eigenvalue weighted by atomic mass is 16.1. The number of nitrogens with zero attached hydrogens (tertiary/aromatic N) is 3. The Morgan fingerprint density at radius 2 is 1.67 bits per heavy atom. The number of amides is 1. The zero-order valence-corrected chi connectivity index (χ0v) is 14.5. The van der Waals surface area contributed by atoms with Gasteiger partial charge in [0.05, 0.1) is 5.56 Å². The number of benzene rings is 1. The molecule has 0 spiro atoms. The van der Waals surface area contributed by atoms with Crippen LogP contribution in [0, 0.1) is 0 Å². The zero-order valence-electron chi connectivity index (χ0n) is 14.5. The second kappa shape index (κ2) is 8.86. The second-order valence-electron chi connectivity index (χ2n) is 5.40. The molecule has 0 radical (unpaired) electrons. The van der Waals surface area contributed by atoms with Gasteiger partial charge in [0, 0.05) is 43.4 Å². The smallest absolute Gasteiger partial charge is 0.258 e. The van der Waals surface area contributed by atoms with Gasteiger partial charge < -0.3 is 15.5 Å². The van der Waals surface area contributed by atoms with Gasteiger partial charge in [-0.3, -0.25) is 4.79 Å². The lowest BCUT2D eigenvalue weighted by Crippen LogP contribution is -2.21. The van der Waals surface area contributed by atoms with E-state index in [4.69, 9.17) is 0 Å². The van der Waals surface area contributed by atoms with Gasteiger partial charge in [-0.05, 0) is 44.5 Å². The number of carbonyl (C=O) groups is 1. The first-order valence-electron chi connectivity index (χ1n) is 8.40. The van der Waals surface area contributed by atoms with Crippen LogP contribution in [0.2, 0.25) is 0 Å². The Morgan fingerprint density at radius 3 is 2.21 bits per heavy atom. The number of carbonyl (C=O) groups excluding carboxylic acids is 1. The summed E-state index contributed by atoms with van der Waals surface area (Å²) in [6.45, 7) is 9.04. The molecule has 0 saturated carbocycles. The number of rotatable bonds is 8. The summed E-state index contributed by atoms with van der Waals surface area (Å²) in [4.78, 5) is 22.8. The van der Waals surface area contributed by atoms with Crippen LogP contribution in [0.3, 0.4) is 0 Å². The van der Waals surface area contributed by atoms with Gasteiger partial charge in [0.15, 0.2) is 0 Å². The predicted molar refractivity (Wildman–Crippen MR) is 98.8 cm³/mol. The molecule has 1 aromatic heterocycles. The third-order valence-corrected chi connectivity index (χ3v) is 3.70. The summed E-state index contributed by atoms with van der Waals surface area (Å²) < 4.78 is 0. The third-order valence-electron chi connectivity index (χ3n) is 3.70. The number of anilines is 3. The molecule has 0 aliphatic heterocycles. The first kappa shape index (κ1) is 17.7. The molecule has 0 saturated heterocycles. The Balaban J connectivity index is 1.98. The minimum Gasteiger partial charge on any atom is -0.372 e. The average Bonchev–Trinajstić information content (AvgIpc) is 2.62. The highest BCUT2D eigenvalue weighted by Gasteiger charge is 2.08. The van der Waals surface area contributed by atoms with E-state index >= 15 is 0 Å². The third kappa shape index (κ3) is 4.68. The SMILES string of the molecule is CCCNc1ncc(C(=O)Nc2ccc(N(CC)CC)cc2)cn1. The normalized spacial score (nSPS) is 10.3. The van der Waals surface area contributed by atoms with Crippen LogP contribution in [0.15, 0.2) is 36.7 Å². The molecule has 6 heteroatoms. The molecule has 1 amide bonds. The van der Waals surface area contributed by atoms with Crippen LogP contribution in [0.4, 0.5) is 17.3 Å². The van der Waals surface area contributed by atoms with Gasteiger partial charge in [0.1, 0.15) is 0 Å². The first-order chi connectivity index (χ1) is 11.7. The molecular formula is C18H25N5O. The number of hydrogen-bond donors (Lipinski definition) is 2. The molecule has 24 heavy (non-hydrogen) atoms. The van der Waals surface area contributed by atoms with Gasteiger partial charge in [0.2, 0.25) is 5.95 Å². The Labute approximate surface area is 143 Å². The van der Waals surface area contributed by atoms with E-state index in [1.54, 1.807) is 0 Å². The summed E-state index contributed by atoms with van der Waals surface area (Å²) in [6, 6.07) is 7.83. The van der Waals surface area contributed by atoms with Crippen molar-refractivity contribution in [1.29, 1.82) is 0 Å². The second-order valence-corrected chi connectivity index (χ2v) is 5.40. The molecule has 1 heterocycles. The van der Waals surface area contributed by atoms with Crippen LogP contribution in [0.1, 0.15) is 37.6 Å². The minimum absolute atomic E-state index is 0.215. The maximum Gasteiger partial charge on any atom is 0.258 e. The standard InChI is InChI=1S/C18H25N5O/c1-4-11-19-18-20-12-14(13-21-18)17(24)22-15-7-9-16(10-8-15)23(5-2)6-3/h7-10,12-13H,4-6,11H2,1-3H3,(H,22,24)(H,19,20,21). The van der Waals surface area contributed by atoms with Gasteiger partial charge in [-0.1, -0.05) is 6.92 Å². The Morgan fingerprint density at radius 1 is 1.04 bits per heavy atom. The summed E-state index contributed by atoms with van der Waals surface area (Å²) in [5.41, 5.74) is 2.33. The van der Waals surface area contributed by atoms with Crippen LogP contribution in [0.25, 0.3) is 0 Å². The fraction of sp³-hybridized carbons (Fsp3) is 0.389. The van der Waals surface area contributed by atoms with Crippen LogP contribution in [-0.2, 0) is 0 Å². The van der Waals surface area contributed by atoms with Crippen molar-refractivity contribution in [3.63, 3.8) is 0 Å². The van der Waals surface area contributed by atoms with Crippen LogP contribution in [-0.4, -0.2) is 35.5 Å². The van der Waals surface area contributed by atoms with Crippen LogP contribution >= 0.6 is 0 Å². The van der Waals surface area contributed by atoms with E-state index < -0.39 is 0 Å². The summed E-state index contributed by atoms with van der Waals surface area (Å²) in [6.07, 6.45) is 4.06. The van der Waals surface area contributed by atoms with E-state index in [-0.39, 0.29) is 5.91 Å². The molecule has 0 aliphatic carbocycles. The lowest BCUT2D eigenvalue weighted by molar-refractivity contribution is 0.102. The van der Waals surface area contributed by atoms with Gasteiger partial charge >= 0.3 is 0 Å². The van der Waals surface area contributed by atoms with E-state index in [1.807, 2.05) is 24.3 Å². The fourth-order valence-electron chi connectivity index (χ4n) is 2.32. The molecule has 0 atom stereocenters. The summed E-state index contributed by atoms with van der Waals surface area (Å²) >= 11 is 0. The molecule has 128 valence electrons. The molecule has 0 unspecified atom stereocenters. The number of aromatic nitrogens is 2. The van der Waals surface area contributed by atoms with Gasteiger partial charge in [-0.2, -0.15) is 0 Å². The largest absolute Gasteiger partial charge is 0.372 e. The number of nitrogens with one attached hydrogen (secondary N) is 2. The Hall–Kier alpha value is -2.63. The highest BCUT2D eigenvalue weighted by Crippen LogP contribution is 2.18. The number of hydrogen-bond acceptors (Lipinski definition) is 5. The molecule has 2 rings (SSSR count). The fourth-order valence-corrected chi connectivity index (χ4v) is 2.32. The quantitative estimate of drug-likeness (QED) is 0.777. The summed E-state index contributed by atoms with van der Waals surface area (Å²) in [5.74, 6) is 0.324. The monoisotopic (exact) mass is 327 g/mol. The minimum atomic E-state index is -0.215. The van der Waals surface area contributed by atoms with Gasteiger partial charge in [-0.25, -0.2) is 9.97 Å². The Bertz CT molecular complexity index is 635. The van der Waals surface area contributed by atoms with E-state index in [2.05, 4.69) is 46.3 Å². The molecule has 1 aromatic carbocycles. The van der Waals surface area contributed by atoms with Gasteiger partial charge in [0.25, 0.3) is 5.91 Å². The van der Waals surface area contributed by atoms with Crippen molar-refractivity contribution in [3.8, 4) is 0 Å². The highest BCUT2D eigenvalue weighted by molar-refractivity contribution is 6.03. The molecular weight excluding hydrogens is 302 g/mol. The molecule has 2 N–H and O–H groups in total. The molecule has 0 fully saturated rings. The summed E-state index contributed by atoms with van der Waals surface area (Å²) in [7, 11) is 0. The van der Waals surface area contributed by atoms with Crippen molar-refractivity contribution in [2.45, 2.75) is 27.2 Å². The van der Waals surface area contributed by atoms with Crippen molar-refractivity contribution in [1.82, 2.24) is 9.97 Å². The van der Waals surface area contributed by atoms with E-state index in [1.165, 1.54) is 12.4 Å². The van der Waals surface area contributed by atoms with E-state index in [0.29, 0.717) is 11.5 Å². The van der Waals surface area contributed by atoms with E-state index in [9.17, 15) is 4.79 Å². The van der Waals surface area contributed by atoms with Gasteiger partial charge in [-0.15, -0.1) is 0 Å². The van der Waals surface area contributed by atoms with Crippen LogP contribution < -0.4 is 15.5 Å². The lowest BCUT2D eigenvalue weighted by Gasteiger charge is -2.21. The molecule has 0 aliphatic rings. The van der Waals surface area contributed by atoms with Crippen molar-refractivity contribution in [2.24, 2.45) is 0 Å². The lowest BCUT2D eigenvalue weighted by atomic mass is 10.2. The predicted octanol–water partition coefficient (Wildman–Crippen LogP) is 3.40. The maximum absolute atomic E-state index is 12.2. The molecule has 0 bridgehead atoms. The Kier molecular flexibility index (Phi) is 6.54. The van der Waals surface area contributed by atoms with Crippen LogP contribution in [0.5, 0.6) is 0 Å². The van der Waals surface area contributed by atoms with Crippen molar-refractivity contribution in [3.05, 3.63) is 42.2 Å². The average molecular weight is 327 g/mol. The van der Waals surface area contributed by atoms with Crippen molar-refractivity contribution >= 4 is 23.2 Å². The topological polar surface area (TPSA) is 70.2 Å². The molecule has 2 aromatic rings.